The van der Waals surface area contributed by atoms with Crippen molar-refractivity contribution in [3.8, 4) is 35.0 Å². The number of rotatable bonds is 6. The van der Waals surface area contributed by atoms with E-state index in [0.29, 0.717) is 27.8 Å². The van der Waals surface area contributed by atoms with Gasteiger partial charge in [0.25, 0.3) is 0 Å². The van der Waals surface area contributed by atoms with Crippen molar-refractivity contribution in [1.29, 1.82) is 15.8 Å². The molecular weight excluding hydrogens is 625 g/mol. The summed E-state index contributed by atoms with van der Waals surface area (Å²) in [6, 6.07) is 65.0. The average Bonchev–Trinajstić information content (AvgIpc) is 3.52. The van der Waals surface area contributed by atoms with Gasteiger partial charge in [0.2, 0.25) is 0 Å². The van der Waals surface area contributed by atoms with Gasteiger partial charge in [0, 0.05) is 21.9 Å². The quantitative estimate of drug-likeness (QED) is 0.138. The minimum Gasteiger partial charge on any atom is -0.309 e. The normalized spacial score (nSPS) is 11.1. The van der Waals surface area contributed by atoms with E-state index in [1.807, 2.05) is 72.8 Å². The van der Waals surface area contributed by atoms with E-state index in [9.17, 15) is 15.8 Å². The molecule has 0 saturated heterocycles. The lowest BCUT2D eigenvalue weighted by molar-refractivity contribution is 1.18. The van der Waals surface area contributed by atoms with Gasteiger partial charge in [0.05, 0.1) is 51.6 Å². The van der Waals surface area contributed by atoms with Crippen LogP contribution in [0, 0.1) is 34.0 Å². The van der Waals surface area contributed by atoms with E-state index in [-0.39, 0.29) is 0 Å². The summed E-state index contributed by atoms with van der Waals surface area (Å²) < 4.78 is 2.16. The van der Waals surface area contributed by atoms with Gasteiger partial charge < -0.3 is 4.57 Å². The smallest absolute Gasteiger partial charge is 0.179 e. The molecule has 232 valence electrons. The third kappa shape index (κ3) is 4.72. The number of para-hydroxylation sites is 1. The zero-order valence-electron chi connectivity index (χ0n) is 27.0. The van der Waals surface area contributed by atoms with Gasteiger partial charge in [-0.2, -0.15) is 15.8 Å². The van der Waals surface area contributed by atoms with E-state index < -0.39 is 8.07 Å². The minimum atomic E-state index is -2.94. The topological polar surface area (TPSA) is 76.3 Å². The van der Waals surface area contributed by atoms with Gasteiger partial charge in [-0.1, -0.05) is 127 Å². The second-order valence-electron chi connectivity index (χ2n) is 12.2. The lowest BCUT2D eigenvalue weighted by Gasteiger charge is -2.35. The van der Waals surface area contributed by atoms with Crippen LogP contribution in [0.4, 0.5) is 0 Å². The molecule has 0 aliphatic rings. The number of hydrogen-bond acceptors (Lipinski definition) is 3. The van der Waals surface area contributed by atoms with Crippen molar-refractivity contribution in [2.45, 2.75) is 0 Å². The predicted octanol–water partition coefficient (Wildman–Crippen LogP) is 7.44. The standard InChI is InChI=1S/C45H28N4Si/c46-29-32-23-26-43-41(27-32)39-20-10-11-21-42(39)49(43)44-22-12-13-34(31-48)45(44)40-28-38(25-24-33(40)30-47)50(35-14-4-1-5-15-35,36-16-6-2-7-17-36)37-18-8-3-9-19-37/h1-28H. The molecule has 1 heterocycles. The number of hydrogen-bond donors (Lipinski definition) is 0. The van der Waals surface area contributed by atoms with Gasteiger partial charge in [-0.15, -0.1) is 0 Å². The van der Waals surface area contributed by atoms with Crippen LogP contribution in [0.3, 0.4) is 0 Å². The van der Waals surface area contributed by atoms with Gasteiger partial charge in [-0.05, 0) is 63.2 Å². The molecule has 0 N–H and O–H groups in total. The molecule has 0 radical (unpaired) electrons. The second kappa shape index (κ2) is 12.6. The number of benzene rings is 7. The SMILES string of the molecule is N#Cc1ccc2c(c1)c1ccccc1n2-c1cccc(C#N)c1-c1cc([Si](c2ccccc2)(c2ccccc2)c2ccccc2)ccc1C#N. The van der Waals surface area contributed by atoms with Crippen LogP contribution < -0.4 is 20.7 Å². The van der Waals surface area contributed by atoms with Crippen molar-refractivity contribution < 1.29 is 0 Å². The largest absolute Gasteiger partial charge is 0.309 e. The van der Waals surface area contributed by atoms with Crippen molar-refractivity contribution in [3.05, 3.63) is 187 Å². The number of aromatic nitrogens is 1. The maximum Gasteiger partial charge on any atom is 0.179 e. The van der Waals surface area contributed by atoms with Gasteiger partial charge >= 0.3 is 0 Å². The molecule has 5 heteroatoms. The first-order valence-electron chi connectivity index (χ1n) is 16.4. The molecule has 0 aliphatic carbocycles. The lowest BCUT2D eigenvalue weighted by Crippen LogP contribution is -2.74. The van der Waals surface area contributed by atoms with Crippen LogP contribution in [-0.4, -0.2) is 12.6 Å². The molecule has 0 unspecified atom stereocenters. The molecule has 0 spiro atoms. The first kappa shape index (κ1) is 30.4. The van der Waals surface area contributed by atoms with Crippen molar-refractivity contribution >= 4 is 50.6 Å². The Labute approximate surface area is 291 Å². The molecule has 0 atom stereocenters. The Bertz CT molecular complexity index is 2580. The van der Waals surface area contributed by atoms with E-state index in [1.165, 1.54) is 15.6 Å². The fourth-order valence-corrected chi connectivity index (χ4v) is 12.3. The Hall–Kier alpha value is -6.97. The van der Waals surface area contributed by atoms with Crippen LogP contribution in [0.2, 0.25) is 0 Å². The van der Waals surface area contributed by atoms with Crippen LogP contribution in [0.1, 0.15) is 16.7 Å². The summed E-state index contributed by atoms with van der Waals surface area (Å²) in [5, 5.41) is 37.8. The highest BCUT2D eigenvalue weighted by atomic mass is 28.3. The fraction of sp³-hybridized carbons (Fsp3) is 0. The molecule has 0 amide bonds. The molecule has 1 aromatic heterocycles. The monoisotopic (exact) mass is 652 g/mol. The first-order chi connectivity index (χ1) is 24.7. The third-order valence-corrected chi connectivity index (χ3v) is 14.4. The van der Waals surface area contributed by atoms with Crippen LogP contribution >= 0.6 is 0 Å². The molecular formula is C45H28N4Si. The van der Waals surface area contributed by atoms with Crippen LogP contribution in [0.5, 0.6) is 0 Å². The number of nitriles is 3. The molecule has 0 saturated carbocycles. The molecule has 4 nitrogen and oxygen atoms in total. The number of nitrogens with zero attached hydrogens (tertiary/aromatic N) is 4. The molecule has 8 aromatic rings. The summed E-state index contributed by atoms with van der Waals surface area (Å²) in [6.07, 6.45) is 0. The third-order valence-electron chi connectivity index (χ3n) is 9.67. The Morgan fingerprint density at radius 1 is 0.420 bits per heavy atom. The zero-order valence-corrected chi connectivity index (χ0v) is 28.0. The van der Waals surface area contributed by atoms with E-state index in [2.05, 4.69) is 120 Å². The van der Waals surface area contributed by atoms with Gasteiger partial charge in [0.1, 0.15) is 0 Å². The number of fused-ring (bicyclic) bond motifs is 3. The molecule has 7 aromatic carbocycles. The predicted molar refractivity (Wildman–Crippen MR) is 204 cm³/mol. The molecule has 0 fully saturated rings. The van der Waals surface area contributed by atoms with E-state index in [0.717, 1.165) is 32.7 Å². The maximum absolute atomic E-state index is 10.7. The highest BCUT2D eigenvalue weighted by Crippen LogP contribution is 2.39. The second-order valence-corrected chi connectivity index (χ2v) is 16.0. The summed E-state index contributed by atoms with van der Waals surface area (Å²) >= 11 is 0. The Balaban J connectivity index is 1.50. The highest BCUT2D eigenvalue weighted by molar-refractivity contribution is 7.19. The Kier molecular flexibility index (Phi) is 7.63. The van der Waals surface area contributed by atoms with Crippen molar-refractivity contribution in [2.24, 2.45) is 0 Å². The Morgan fingerprint density at radius 2 is 1.00 bits per heavy atom. The van der Waals surface area contributed by atoms with E-state index in [1.54, 1.807) is 0 Å². The van der Waals surface area contributed by atoms with E-state index in [4.69, 9.17) is 0 Å². The summed E-state index contributed by atoms with van der Waals surface area (Å²) in [4.78, 5) is 0. The van der Waals surface area contributed by atoms with Crippen molar-refractivity contribution in [1.82, 2.24) is 4.57 Å². The van der Waals surface area contributed by atoms with E-state index >= 15 is 0 Å². The summed E-state index contributed by atoms with van der Waals surface area (Å²) in [7, 11) is -2.94. The Morgan fingerprint density at radius 3 is 1.60 bits per heavy atom. The lowest BCUT2D eigenvalue weighted by atomic mass is 9.94. The van der Waals surface area contributed by atoms with Crippen LogP contribution in [0.25, 0.3) is 38.6 Å². The highest BCUT2D eigenvalue weighted by Gasteiger charge is 2.41. The van der Waals surface area contributed by atoms with Gasteiger partial charge in [0.15, 0.2) is 8.07 Å². The minimum absolute atomic E-state index is 0.474. The van der Waals surface area contributed by atoms with Crippen LogP contribution in [-0.2, 0) is 0 Å². The van der Waals surface area contributed by atoms with Gasteiger partial charge in [-0.3, -0.25) is 0 Å². The summed E-state index contributed by atoms with van der Waals surface area (Å²) in [6.45, 7) is 0. The molecule has 50 heavy (non-hydrogen) atoms. The molecule has 0 aliphatic heterocycles. The van der Waals surface area contributed by atoms with Crippen LogP contribution in [0.15, 0.2) is 170 Å². The summed E-state index contributed by atoms with van der Waals surface area (Å²) in [5.74, 6) is 0. The molecule has 8 rings (SSSR count). The maximum atomic E-state index is 10.7. The van der Waals surface area contributed by atoms with Gasteiger partial charge in [-0.25, -0.2) is 0 Å². The zero-order chi connectivity index (χ0) is 34.1. The molecule has 0 bridgehead atoms. The summed E-state index contributed by atoms with van der Waals surface area (Å²) in [5.41, 5.74) is 5.59. The first-order valence-corrected chi connectivity index (χ1v) is 18.4. The van der Waals surface area contributed by atoms with Crippen molar-refractivity contribution in [2.75, 3.05) is 0 Å². The average molecular weight is 653 g/mol. The fourth-order valence-electron chi connectivity index (χ4n) is 7.55. The van der Waals surface area contributed by atoms with Crippen molar-refractivity contribution in [3.63, 3.8) is 0 Å².